The van der Waals surface area contributed by atoms with Crippen molar-refractivity contribution in [3.63, 3.8) is 0 Å². The number of aliphatic hydroxyl groups is 1. The Balaban J connectivity index is 1.94. The van der Waals surface area contributed by atoms with Gasteiger partial charge < -0.3 is 14.2 Å². The zero-order chi connectivity index (χ0) is 18.4. The molecule has 0 spiro atoms. The molecule has 2 bridgehead atoms. The fourth-order valence-corrected chi connectivity index (χ4v) is 7.96. The van der Waals surface area contributed by atoms with Crippen LogP contribution < -0.4 is 0 Å². The lowest BCUT2D eigenvalue weighted by Gasteiger charge is -2.56. The number of rotatable bonds is 4. The first kappa shape index (κ1) is 18.4. The Hall–Kier alpha value is -0.930. The molecule has 0 amide bonds. The highest BCUT2D eigenvalue weighted by atomic mass is 31.2. The zero-order valence-corrected chi connectivity index (χ0v) is 16.6. The van der Waals surface area contributed by atoms with Crippen LogP contribution in [0, 0.1) is 11.8 Å². The van der Waals surface area contributed by atoms with Crippen molar-refractivity contribution in [2.75, 3.05) is 14.2 Å². The average molecular weight is 376 g/mol. The minimum absolute atomic E-state index is 0.103. The monoisotopic (exact) mass is 376 g/mol. The molecule has 5 heteroatoms. The summed E-state index contributed by atoms with van der Waals surface area (Å²) in [6, 6.07) is 10.4. The van der Waals surface area contributed by atoms with Gasteiger partial charge in [0.1, 0.15) is 0 Å². The summed E-state index contributed by atoms with van der Waals surface area (Å²) in [6.07, 6.45) is 7.18. The lowest BCUT2D eigenvalue weighted by atomic mass is 9.57. The molecule has 142 valence electrons. The van der Waals surface area contributed by atoms with E-state index in [0.717, 1.165) is 38.5 Å². The van der Waals surface area contributed by atoms with Gasteiger partial charge in [0.2, 0.25) is 0 Å². The summed E-state index contributed by atoms with van der Waals surface area (Å²) < 4.78 is 24.4. The van der Waals surface area contributed by atoms with E-state index in [1.165, 1.54) is 37.4 Å². The normalized spacial score (nSPS) is 34.5. The zero-order valence-electron chi connectivity index (χ0n) is 15.7. The van der Waals surface area contributed by atoms with Crippen LogP contribution >= 0.6 is 7.60 Å². The van der Waals surface area contributed by atoms with Gasteiger partial charge in [-0.25, -0.2) is 0 Å². The van der Waals surface area contributed by atoms with Crippen molar-refractivity contribution < 1.29 is 18.7 Å². The molecule has 4 rings (SSSR count). The Bertz CT molecular complexity index is 736. The van der Waals surface area contributed by atoms with Crippen LogP contribution in [0.2, 0.25) is 0 Å². The molecular weight excluding hydrogens is 347 g/mol. The van der Waals surface area contributed by atoms with Gasteiger partial charge in [0.05, 0.1) is 0 Å². The van der Waals surface area contributed by atoms with E-state index in [2.05, 4.69) is 24.3 Å². The van der Waals surface area contributed by atoms with Crippen molar-refractivity contribution in [2.45, 2.75) is 56.2 Å². The highest BCUT2D eigenvalue weighted by Gasteiger charge is 2.65. The van der Waals surface area contributed by atoms with Gasteiger partial charge in [-0.2, -0.15) is 0 Å². The van der Waals surface area contributed by atoms with Crippen molar-refractivity contribution >= 4 is 7.60 Å². The summed E-state index contributed by atoms with van der Waals surface area (Å²) in [5.74, 6) is -0.139. The van der Waals surface area contributed by atoms with Gasteiger partial charge >= 0.3 is 7.60 Å². The molecule has 0 saturated heterocycles. The van der Waals surface area contributed by atoms with Gasteiger partial charge in [-0.1, -0.05) is 47.9 Å². The number of benzene rings is 1. The summed E-state index contributed by atoms with van der Waals surface area (Å²) in [6.45, 7) is 0. The Labute approximate surface area is 156 Å². The molecule has 4 atom stereocenters. The molecule has 0 heterocycles. The molecule has 0 unspecified atom stereocenters. The summed E-state index contributed by atoms with van der Waals surface area (Å²) in [7, 11) is -0.840. The molecule has 3 aliphatic carbocycles. The third-order valence-corrected chi connectivity index (χ3v) is 9.38. The number of fused-ring (bicyclic) bond motifs is 3. The van der Waals surface area contributed by atoms with Crippen LogP contribution in [-0.2, 0) is 13.6 Å². The second-order valence-electron chi connectivity index (χ2n) is 7.88. The SMILES string of the molecule is COP(=O)(OC)[C@@]1(O)[C@H]2CCC[C@H]1[C@H](c1ccccc1)C1=C2CCCC1. The molecule has 1 N–H and O–H groups in total. The van der Waals surface area contributed by atoms with Crippen LogP contribution in [0.15, 0.2) is 41.5 Å². The topological polar surface area (TPSA) is 55.8 Å². The maximum Gasteiger partial charge on any atom is 0.362 e. The predicted molar refractivity (Wildman–Crippen MR) is 102 cm³/mol. The molecule has 0 aliphatic heterocycles. The second kappa shape index (κ2) is 6.91. The van der Waals surface area contributed by atoms with Crippen molar-refractivity contribution in [2.24, 2.45) is 11.8 Å². The smallest absolute Gasteiger partial charge is 0.362 e. The van der Waals surface area contributed by atoms with Crippen molar-refractivity contribution in [3.05, 3.63) is 47.0 Å². The molecule has 1 saturated carbocycles. The van der Waals surface area contributed by atoms with Crippen LogP contribution in [-0.4, -0.2) is 24.7 Å². The first-order valence-electron chi connectivity index (χ1n) is 9.77. The number of hydrogen-bond donors (Lipinski definition) is 1. The van der Waals surface area contributed by atoms with Crippen LogP contribution in [0.5, 0.6) is 0 Å². The van der Waals surface area contributed by atoms with Gasteiger partial charge in [-0.05, 0) is 44.1 Å². The fourth-order valence-electron chi connectivity index (χ4n) is 5.87. The molecule has 0 aromatic heterocycles. The minimum Gasteiger partial charge on any atom is -0.377 e. The van der Waals surface area contributed by atoms with E-state index < -0.39 is 12.9 Å². The fraction of sp³-hybridized carbons (Fsp3) is 0.619. The maximum absolute atomic E-state index is 13.6. The Kier molecular flexibility index (Phi) is 4.90. The Morgan fingerprint density at radius 1 is 1.00 bits per heavy atom. The van der Waals surface area contributed by atoms with E-state index in [9.17, 15) is 9.67 Å². The third-order valence-electron chi connectivity index (χ3n) is 6.90. The van der Waals surface area contributed by atoms with Gasteiger partial charge in [-0.3, -0.25) is 4.57 Å². The largest absolute Gasteiger partial charge is 0.377 e. The van der Waals surface area contributed by atoms with Gasteiger partial charge in [0.25, 0.3) is 0 Å². The highest BCUT2D eigenvalue weighted by molar-refractivity contribution is 7.55. The number of hydrogen-bond acceptors (Lipinski definition) is 4. The van der Waals surface area contributed by atoms with E-state index in [-0.39, 0.29) is 17.8 Å². The third kappa shape index (κ3) is 2.50. The molecule has 1 fully saturated rings. The lowest BCUT2D eigenvalue weighted by molar-refractivity contribution is -0.0529. The summed E-state index contributed by atoms with van der Waals surface area (Å²) in [4.78, 5) is 0. The van der Waals surface area contributed by atoms with Crippen molar-refractivity contribution in [3.8, 4) is 0 Å². The van der Waals surface area contributed by atoms with E-state index in [0.29, 0.717) is 0 Å². The van der Waals surface area contributed by atoms with E-state index >= 15 is 0 Å². The van der Waals surface area contributed by atoms with Crippen LogP contribution in [0.3, 0.4) is 0 Å². The predicted octanol–water partition coefficient (Wildman–Crippen LogP) is 5.25. The molecule has 26 heavy (non-hydrogen) atoms. The first-order valence-corrected chi connectivity index (χ1v) is 11.3. The second-order valence-corrected chi connectivity index (χ2v) is 10.3. The summed E-state index contributed by atoms with van der Waals surface area (Å²) in [5, 5.41) is 10.6. The first-order chi connectivity index (χ1) is 12.6. The molecule has 4 nitrogen and oxygen atoms in total. The van der Waals surface area contributed by atoms with E-state index in [1.807, 2.05) is 6.07 Å². The molecule has 1 aromatic carbocycles. The quantitative estimate of drug-likeness (QED) is 0.576. The van der Waals surface area contributed by atoms with Crippen LogP contribution in [0.1, 0.15) is 56.4 Å². The molecule has 3 aliphatic rings. The van der Waals surface area contributed by atoms with Gasteiger partial charge in [0.15, 0.2) is 5.34 Å². The van der Waals surface area contributed by atoms with Crippen molar-refractivity contribution in [1.82, 2.24) is 0 Å². The summed E-state index contributed by atoms with van der Waals surface area (Å²) in [5.41, 5.74) is 4.03. The highest BCUT2D eigenvalue weighted by Crippen LogP contribution is 2.73. The van der Waals surface area contributed by atoms with Gasteiger partial charge in [-0.15, -0.1) is 0 Å². The standard InChI is InChI=1S/C21H29O4P/c1-24-26(23,25-2)21(22)18-13-8-14-19(21)20(15-9-4-3-5-10-15)17-12-7-6-11-16(17)18/h3-5,9-10,18-20,22H,6-8,11-14H2,1-2H3/t18-,19-,20+,21-/m0/s1. The van der Waals surface area contributed by atoms with Crippen LogP contribution in [0.4, 0.5) is 0 Å². The maximum atomic E-state index is 13.6. The number of allylic oxidation sites excluding steroid dienone is 1. The Morgan fingerprint density at radius 3 is 2.31 bits per heavy atom. The van der Waals surface area contributed by atoms with E-state index in [1.54, 1.807) is 0 Å². The molecule has 1 aromatic rings. The van der Waals surface area contributed by atoms with Gasteiger partial charge in [0, 0.05) is 32.0 Å². The van der Waals surface area contributed by atoms with E-state index in [4.69, 9.17) is 9.05 Å². The summed E-state index contributed by atoms with van der Waals surface area (Å²) >= 11 is 0. The average Bonchev–Trinajstić information content (AvgIpc) is 2.68. The minimum atomic E-state index is -3.65. The molecular formula is C21H29O4P. The molecule has 0 radical (unpaired) electrons. The lowest BCUT2D eigenvalue weighted by Crippen LogP contribution is -2.54. The van der Waals surface area contributed by atoms with Crippen LogP contribution in [0.25, 0.3) is 0 Å². The van der Waals surface area contributed by atoms with Crippen molar-refractivity contribution in [1.29, 1.82) is 0 Å². The Morgan fingerprint density at radius 2 is 1.65 bits per heavy atom.